The molecule has 0 atom stereocenters. The molecule has 0 fully saturated rings. The van der Waals surface area contributed by atoms with Gasteiger partial charge in [-0.3, -0.25) is 14.8 Å². The largest absolute Gasteiger partial charge is 0.383 e. The van der Waals surface area contributed by atoms with E-state index in [1.807, 2.05) is 0 Å². The zero-order chi connectivity index (χ0) is 12.4. The lowest BCUT2D eigenvalue weighted by Gasteiger charge is -1.97. The molecule has 17 heavy (non-hydrogen) atoms. The molecule has 1 aromatic carbocycles. The van der Waals surface area contributed by atoms with Gasteiger partial charge in [0.25, 0.3) is 5.69 Å². The number of hydrogen-bond acceptors (Lipinski definition) is 4. The van der Waals surface area contributed by atoms with E-state index in [1.54, 1.807) is 24.1 Å². The molecule has 0 unspecified atom stereocenters. The lowest BCUT2D eigenvalue weighted by molar-refractivity contribution is -0.385. The number of fused-ring (bicyclic) bond motifs is 1. The first kappa shape index (κ1) is 12.0. The number of methoxy groups -OCH3 is 1. The molecule has 0 bridgehead atoms. The molecule has 1 aromatic heterocycles. The normalized spacial score (nSPS) is 10.9. The molecule has 0 saturated heterocycles. The highest BCUT2D eigenvalue weighted by Gasteiger charge is 2.14. The number of aromatic nitrogens is 2. The van der Waals surface area contributed by atoms with Gasteiger partial charge in [-0.15, -0.1) is 0 Å². The Morgan fingerprint density at radius 1 is 1.59 bits per heavy atom. The van der Waals surface area contributed by atoms with Gasteiger partial charge in [0.15, 0.2) is 0 Å². The highest BCUT2D eigenvalue weighted by molar-refractivity contribution is 9.10. The summed E-state index contributed by atoms with van der Waals surface area (Å²) in [6, 6.07) is 3.16. The second-order valence-electron chi connectivity index (χ2n) is 3.50. The fraction of sp³-hybridized carbons (Fsp3) is 0.300. The summed E-state index contributed by atoms with van der Waals surface area (Å²) >= 11 is 3.16. The Balaban J connectivity index is 2.43. The Kier molecular flexibility index (Phi) is 3.39. The highest BCUT2D eigenvalue weighted by atomic mass is 79.9. The number of halogens is 1. The number of hydrogen-bond donors (Lipinski definition) is 0. The standard InChI is InChI=1S/C10H10BrN3O3/c1-17-3-2-13-6-7-4-10(14(15)16)8(11)5-9(7)12-13/h4-6H,2-3H2,1H3. The average Bonchev–Trinajstić information content (AvgIpc) is 2.66. The van der Waals surface area contributed by atoms with E-state index in [-0.39, 0.29) is 5.69 Å². The van der Waals surface area contributed by atoms with Crippen molar-refractivity contribution in [2.75, 3.05) is 13.7 Å². The molecule has 2 rings (SSSR count). The summed E-state index contributed by atoms with van der Waals surface area (Å²) in [5, 5.41) is 15.8. The van der Waals surface area contributed by atoms with E-state index in [0.29, 0.717) is 17.6 Å². The van der Waals surface area contributed by atoms with E-state index in [9.17, 15) is 10.1 Å². The molecule has 6 nitrogen and oxygen atoms in total. The molecular formula is C10H10BrN3O3. The van der Waals surface area contributed by atoms with Crippen molar-refractivity contribution in [3.05, 3.63) is 32.9 Å². The fourth-order valence-electron chi connectivity index (χ4n) is 1.52. The first-order valence-corrected chi connectivity index (χ1v) is 5.71. The van der Waals surface area contributed by atoms with Crippen LogP contribution >= 0.6 is 15.9 Å². The Hall–Kier alpha value is -1.47. The van der Waals surface area contributed by atoms with E-state index in [0.717, 1.165) is 10.9 Å². The molecule has 0 aliphatic heterocycles. The summed E-state index contributed by atoms with van der Waals surface area (Å²) < 4.78 is 7.10. The predicted octanol–water partition coefficient (Wildman–Crippen LogP) is 2.35. The number of rotatable bonds is 4. The molecule has 0 aliphatic carbocycles. The van der Waals surface area contributed by atoms with Crippen molar-refractivity contribution in [2.45, 2.75) is 6.54 Å². The summed E-state index contributed by atoms with van der Waals surface area (Å²) in [4.78, 5) is 10.4. The van der Waals surface area contributed by atoms with Crippen molar-refractivity contribution in [2.24, 2.45) is 0 Å². The lowest BCUT2D eigenvalue weighted by Crippen LogP contribution is -2.03. The van der Waals surface area contributed by atoms with Crippen molar-refractivity contribution in [1.29, 1.82) is 0 Å². The summed E-state index contributed by atoms with van der Waals surface area (Å²) in [6.45, 7) is 1.17. The molecule has 7 heteroatoms. The quantitative estimate of drug-likeness (QED) is 0.642. The van der Waals surface area contributed by atoms with Crippen LogP contribution in [0, 0.1) is 10.1 Å². The van der Waals surface area contributed by atoms with Gasteiger partial charge in [0.05, 0.1) is 28.1 Å². The van der Waals surface area contributed by atoms with E-state index in [1.165, 1.54) is 6.07 Å². The topological polar surface area (TPSA) is 70.2 Å². The minimum Gasteiger partial charge on any atom is -0.383 e. The van der Waals surface area contributed by atoms with Gasteiger partial charge in [0.2, 0.25) is 0 Å². The molecule has 0 spiro atoms. The second kappa shape index (κ2) is 4.80. The summed E-state index contributed by atoms with van der Waals surface area (Å²) in [5.41, 5.74) is 0.766. The van der Waals surface area contributed by atoms with Crippen LogP contribution in [0.5, 0.6) is 0 Å². The first-order chi connectivity index (χ1) is 8.11. The summed E-state index contributed by atoms with van der Waals surface area (Å²) in [7, 11) is 1.62. The van der Waals surface area contributed by atoms with Gasteiger partial charge < -0.3 is 4.74 Å². The van der Waals surface area contributed by atoms with Crippen molar-refractivity contribution in [1.82, 2.24) is 9.78 Å². The Morgan fingerprint density at radius 2 is 2.35 bits per heavy atom. The maximum atomic E-state index is 10.8. The third-order valence-corrected chi connectivity index (χ3v) is 2.98. The molecule has 0 saturated carbocycles. The van der Waals surface area contributed by atoms with E-state index in [2.05, 4.69) is 21.0 Å². The minimum atomic E-state index is -0.421. The minimum absolute atomic E-state index is 0.0452. The fourth-order valence-corrected chi connectivity index (χ4v) is 2.00. The van der Waals surface area contributed by atoms with Gasteiger partial charge in [0.1, 0.15) is 0 Å². The summed E-state index contributed by atoms with van der Waals surface area (Å²) in [5.74, 6) is 0. The van der Waals surface area contributed by atoms with Crippen LogP contribution < -0.4 is 0 Å². The van der Waals surface area contributed by atoms with E-state index >= 15 is 0 Å². The van der Waals surface area contributed by atoms with Crippen LogP contribution in [-0.2, 0) is 11.3 Å². The molecule has 1 heterocycles. The molecule has 0 amide bonds. The third kappa shape index (κ3) is 2.45. The Morgan fingerprint density at radius 3 is 3.00 bits per heavy atom. The average molecular weight is 300 g/mol. The van der Waals surface area contributed by atoms with Crippen LogP contribution in [0.15, 0.2) is 22.8 Å². The van der Waals surface area contributed by atoms with Gasteiger partial charge in [-0.1, -0.05) is 0 Å². The van der Waals surface area contributed by atoms with Crippen LogP contribution in [-0.4, -0.2) is 28.4 Å². The third-order valence-electron chi connectivity index (χ3n) is 2.34. The van der Waals surface area contributed by atoms with Crippen LogP contribution in [0.4, 0.5) is 5.69 Å². The number of benzene rings is 1. The zero-order valence-corrected chi connectivity index (χ0v) is 10.7. The predicted molar refractivity (Wildman–Crippen MR) is 66.0 cm³/mol. The van der Waals surface area contributed by atoms with Crippen LogP contribution in [0.1, 0.15) is 0 Å². The van der Waals surface area contributed by atoms with Gasteiger partial charge in [-0.2, -0.15) is 5.10 Å². The van der Waals surface area contributed by atoms with Crippen molar-refractivity contribution >= 4 is 32.5 Å². The lowest BCUT2D eigenvalue weighted by atomic mass is 10.2. The van der Waals surface area contributed by atoms with E-state index < -0.39 is 4.92 Å². The number of nitro benzene ring substituents is 1. The van der Waals surface area contributed by atoms with Gasteiger partial charge >= 0.3 is 0 Å². The maximum Gasteiger partial charge on any atom is 0.284 e. The van der Waals surface area contributed by atoms with Crippen LogP contribution in [0.2, 0.25) is 0 Å². The van der Waals surface area contributed by atoms with Gasteiger partial charge in [-0.25, -0.2) is 0 Å². The monoisotopic (exact) mass is 299 g/mol. The Labute approximate surface area is 105 Å². The molecule has 0 radical (unpaired) electrons. The van der Waals surface area contributed by atoms with Crippen molar-refractivity contribution in [3.63, 3.8) is 0 Å². The van der Waals surface area contributed by atoms with Crippen molar-refractivity contribution < 1.29 is 9.66 Å². The van der Waals surface area contributed by atoms with Gasteiger partial charge in [-0.05, 0) is 22.0 Å². The maximum absolute atomic E-state index is 10.8. The molecular weight excluding hydrogens is 290 g/mol. The summed E-state index contributed by atoms with van der Waals surface area (Å²) in [6.07, 6.45) is 1.77. The van der Waals surface area contributed by atoms with Crippen molar-refractivity contribution in [3.8, 4) is 0 Å². The molecule has 2 aromatic rings. The molecule has 90 valence electrons. The molecule has 0 N–H and O–H groups in total. The Bertz CT molecular complexity index is 567. The first-order valence-electron chi connectivity index (χ1n) is 4.92. The van der Waals surface area contributed by atoms with E-state index in [4.69, 9.17) is 4.74 Å². The van der Waals surface area contributed by atoms with Crippen LogP contribution in [0.25, 0.3) is 10.9 Å². The van der Waals surface area contributed by atoms with Crippen LogP contribution in [0.3, 0.4) is 0 Å². The smallest absolute Gasteiger partial charge is 0.284 e. The zero-order valence-electron chi connectivity index (χ0n) is 9.09. The number of ether oxygens (including phenoxy) is 1. The molecule has 0 aliphatic rings. The van der Waals surface area contributed by atoms with Gasteiger partial charge in [0, 0.05) is 24.8 Å². The second-order valence-corrected chi connectivity index (χ2v) is 4.36. The highest BCUT2D eigenvalue weighted by Crippen LogP contribution is 2.29. The number of nitrogens with zero attached hydrogens (tertiary/aromatic N) is 3. The SMILES string of the molecule is COCCn1cc2cc([N+](=O)[O-])c(Br)cc2n1. The number of nitro groups is 1.